The Kier molecular flexibility index (Phi) is 2.99. The molecule has 0 atom stereocenters. The van der Waals surface area contributed by atoms with Gasteiger partial charge in [-0.25, -0.2) is 0 Å². The van der Waals surface area contributed by atoms with E-state index in [-0.39, 0.29) is 11.8 Å². The fourth-order valence-corrected chi connectivity index (χ4v) is 2.18. The summed E-state index contributed by atoms with van der Waals surface area (Å²) >= 11 is 0. The third-order valence-corrected chi connectivity index (χ3v) is 3.17. The fraction of sp³-hybridized carbons (Fsp3) is 0.417. The molecule has 0 radical (unpaired) electrons. The van der Waals surface area contributed by atoms with Gasteiger partial charge in [-0.1, -0.05) is 12.1 Å². The number of nitrogens with zero attached hydrogens (tertiary/aromatic N) is 1. The van der Waals surface area contributed by atoms with Crippen LogP contribution in [0.4, 0.5) is 11.4 Å². The number of nitrogens with two attached hydrogens (primary N) is 2. The highest BCUT2D eigenvalue weighted by Crippen LogP contribution is 2.27. The van der Waals surface area contributed by atoms with Gasteiger partial charge in [0, 0.05) is 19.0 Å². The van der Waals surface area contributed by atoms with E-state index in [2.05, 4.69) is 4.90 Å². The first-order valence-corrected chi connectivity index (χ1v) is 5.57. The van der Waals surface area contributed by atoms with Crippen molar-refractivity contribution in [2.45, 2.75) is 12.8 Å². The minimum Gasteiger partial charge on any atom is -0.397 e. The summed E-state index contributed by atoms with van der Waals surface area (Å²) in [5, 5.41) is 0. The lowest BCUT2D eigenvalue weighted by atomic mass is 9.96. The molecule has 4 heteroatoms. The summed E-state index contributed by atoms with van der Waals surface area (Å²) < 4.78 is 0. The van der Waals surface area contributed by atoms with E-state index in [9.17, 15) is 4.79 Å². The number of hydrogen-bond acceptors (Lipinski definition) is 3. The van der Waals surface area contributed by atoms with E-state index in [0.717, 1.165) is 37.3 Å². The van der Waals surface area contributed by atoms with Crippen LogP contribution in [0, 0.1) is 5.92 Å². The minimum absolute atomic E-state index is 0.0289. The average molecular weight is 219 g/mol. The molecule has 1 aromatic carbocycles. The average Bonchev–Trinajstić information content (AvgIpc) is 2.30. The Hall–Kier alpha value is -1.71. The normalized spacial score (nSPS) is 17.4. The lowest BCUT2D eigenvalue weighted by Crippen LogP contribution is -2.38. The summed E-state index contributed by atoms with van der Waals surface area (Å²) in [6.07, 6.45) is 1.65. The largest absolute Gasteiger partial charge is 0.397 e. The Balaban J connectivity index is 2.05. The molecule has 4 nitrogen and oxygen atoms in total. The molecule has 16 heavy (non-hydrogen) atoms. The highest BCUT2D eigenvalue weighted by molar-refractivity contribution is 5.77. The number of hydrogen-bond donors (Lipinski definition) is 2. The molecule has 0 aliphatic carbocycles. The van der Waals surface area contributed by atoms with Crippen LogP contribution in [-0.4, -0.2) is 19.0 Å². The second-order valence-electron chi connectivity index (χ2n) is 4.22. The summed E-state index contributed by atoms with van der Waals surface area (Å²) in [6, 6.07) is 7.82. The van der Waals surface area contributed by atoms with Gasteiger partial charge in [0.1, 0.15) is 0 Å². The van der Waals surface area contributed by atoms with Crippen LogP contribution in [0.25, 0.3) is 0 Å². The third-order valence-electron chi connectivity index (χ3n) is 3.17. The standard InChI is InChI=1S/C12H17N3O/c13-10-3-1-2-4-11(10)15-7-5-9(6-8-15)12(14)16/h1-4,9H,5-8,13H2,(H2,14,16). The quantitative estimate of drug-likeness (QED) is 0.728. The molecule has 86 valence electrons. The molecule has 0 saturated carbocycles. The number of rotatable bonds is 2. The fourth-order valence-electron chi connectivity index (χ4n) is 2.18. The van der Waals surface area contributed by atoms with Crippen molar-refractivity contribution in [2.75, 3.05) is 23.7 Å². The Morgan fingerprint density at radius 1 is 1.25 bits per heavy atom. The molecule has 1 aliphatic heterocycles. The van der Waals surface area contributed by atoms with Gasteiger partial charge in [0.05, 0.1) is 11.4 Å². The number of benzene rings is 1. The van der Waals surface area contributed by atoms with E-state index in [4.69, 9.17) is 11.5 Å². The highest BCUT2D eigenvalue weighted by atomic mass is 16.1. The number of primary amides is 1. The molecule has 1 aromatic rings. The molecule has 4 N–H and O–H groups in total. The van der Waals surface area contributed by atoms with Crippen LogP contribution >= 0.6 is 0 Å². The van der Waals surface area contributed by atoms with Crippen LogP contribution in [0.1, 0.15) is 12.8 Å². The zero-order chi connectivity index (χ0) is 11.5. The maximum absolute atomic E-state index is 11.0. The Bertz CT molecular complexity index is 384. The van der Waals surface area contributed by atoms with Crippen molar-refractivity contribution in [2.24, 2.45) is 11.7 Å². The molecular formula is C12H17N3O. The van der Waals surface area contributed by atoms with E-state index >= 15 is 0 Å². The summed E-state index contributed by atoms with van der Waals surface area (Å²) in [5.41, 5.74) is 13.1. The summed E-state index contributed by atoms with van der Waals surface area (Å²) in [5.74, 6) is -0.151. The van der Waals surface area contributed by atoms with Gasteiger partial charge in [-0.2, -0.15) is 0 Å². The van der Waals surface area contributed by atoms with E-state index in [1.165, 1.54) is 0 Å². The zero-order valence-electron chi connectivity index (χ0n) is 9.23. The van der Waals surface area contributed by atoms with Crippen LogP contribution < -0.4 is 16.4 Å². The Labute approximate surface area is 95.2 Å². The number of para-hydroxylation sites is 2. The first kappa shape index (κ1) is 10.8. The van der Waals surface area contributed by atoms with E-state index in [1.807, 2.05) is 24.3 Å². The molecule has 0 aromatic heterocycles. The van der Waals surface area contributed by atoms with E-state index in [1.54, 1.807) is 0 Å². The van der Waals surface area contributed by atoms with Crippen LogP contribution in [0.15, 0.2) is 24.3 Å². The van der Waals surface area contributed by atoms with Crippen LogP contribution in [-0.2, 0) is 4.79 Å². The topological polar surface area (TPSA) is 72.4 Å². The zero-order valence-corrected chi connectivity index (χ0v) is 9.23. The number of nitrogen functional groups attached to an aromatic ring is 1. The summed E-state index contributed by atoms with van der Waals surface area (Å²) in [7, 11) is 0. The Morgan fingerprint density at radius 2 is 1.88 bits per heavy atom. The van der Waals surface area contributed by atoms with E-state index < -0.39 is 0 Å². The molecule has 0 unspecified atom stereocenters. The van der Waals surface area contributed by atoms with Crippen molar-refractivity contribution in [1.29, 1.82) is 0 Å². The van der Waals surface area contributed by atoms with E-state index in [0.29, 0.717) is 0 Å². The molecule has 0 spiro atoms. The van der Waals surface area contributed by atoms with Gasteiger partial charge in [-0.15, -0.1) is 0 Å². The van der Waals surface area contributed by atoms with Gasteiger partial charge in [0.15, 0.2) is 0 Å². The maximum Gasteiger partial charge on any atom is 0.220 e. The number of carbonyl (C=O) groups is 1. The van der Waals surface area contributed by atoms with Crippen LogP contribution in [0.2, 0.25) is 0 Å². The molecule has 1 saturated heterocycles. The van der Waals surface area contributed by atoms with Crippen LogP contribution in [0.5, 0.6) is 0 Å². The van der Waals surface area contributed by atoms with Crippen LogP contribution in [0.3, 0.4) is 0 Å². The van der Waals surface area contributed by atoms with Crippen molar-refractivity contribution >= 4 is 17.3 Å². The SMILES string of the molecule is NC(=O)C1CCN(c2ccccc2N)CC1. The molecule has 1 fully saturated rings. The molecular weight excluding hydrogens is 202 g/mol. The lowest BCUT2D eigenvalue weighted by Gasteiger charge is -2.33. The lowest BCUT2D eigenvalue weighted by molar-refractivity contribution is -0.122. The summed E-state index contributed by atoms with van der Waals surface area (Å²) in [6.45, 7) is 1.70. The second kappa shape index (κ2) is 4.43. The van der Waals surface area contributed by atoms with Gasteiger partial charge in [0.25, 0.3) is 0 Å². The number of amides is 1. The van der Waals surface area contributed by atoms with Crippen molar-refractivity contribution in [1.82, 2.24) is 0 Å². The monoisotopic (exact) mass is 219 g/mol. The van der Waals surface area contributed by atoms with Gasteiger partial charge < -0.3 is 16.4 Å². The second-order valence-corrected chi connectivity index (χ2v) is 4.22. The molecule has 0 bridgehead atoms. The van der Waals surface area contributed by atoms with Gasteiger partial charge in [0.2, 0.25) is 5.91 Å². The first-order valence-electron chi connectivity index (χ1n) is 5.57. The van der Waals surface area contributed by atoms with Gasteiger partial charge >= 0.3 is 0 Å². The molecule has 1 heterocycles. The predicted molar refractivity (Wildman–Crippen MR) is 65.0 cm³/mol. The van der Waals surface area contributed by atoms with Crippen molar-refractivity contribution in [3.05, 3.63) is 24.3 Å². The molecule has 1 aliphatic rings. The van der Waals surface area contributed by atoms with Crippen molar-refractivity contribution < 1.29 is 4.79 Å². The highest BCUT2D eigenvalue weighted by Gasteiger charge is 2.23. The summed E-state index contributed by atoms with van der Waals surface area (Å²) in [4.78, 5) is 13.3. The van der Waals surface area contributed by atoms with Crippen molar-refractivity contribution in [3.63, 3.8) is 0 Å². The number of anilines is 2. The minimum atomic E-state index is -0.180. The van der Waals surface area contributed by atoms with Crippen molar-refractivity contribution in [3.8, 4) is 0 Å². The molecule has 1 amide bonds. The third kappa shape index (κ3) is 2.10. The maximum atomic E-state index is 11.0. The predicted octanol–water partition coefficient (Wildman–Crippen LogP) is 0.970. The van der Waals surface area contributed by atoms with Gasteiger partial charge in [-0.05, 0) is 25.0 Å². The molecule has 2 rings (SSSR count). The van der Waals surface area contributed by atoms with Gasteiger partial charge in [-0.3, -0.25) is 4.79 Å². The number of carbonyl (C=O) groups excluding carboxylic acids is 1. The smallest absolute Gasteiger partial charge is 0.220 e. The number of piperidine rings is 1. The first-order chi connectivity index (χ1) is 7.68. The Morgan fingerprint density at radius 3 is 2.44 bits per heavy atom.